The molecule has 23 heavy (non-hydrogen) atoms. The zero-order chi connectivity index (χ0) is 17.1. The molecule has 1 aromatic rings. The van der Waals surface area contributed by atoms with E-state index in [2.05, 4.69) is 5.32 Å². The number of benzene rings is 1. The van der Waals surface area contributed by atoms with Gasteiger partial charge < -0.3 is 15.2 Å². The molecule has 1 amide bonds. The Morgan fingerprint density at radius 2 is 1.74 bits per heavy atom. The number of aliphatic carboxylic acids is 1. The van der Waals surface area contributed by atoms with Gasteiger partial charge in [-0.05, 0) is 17.7 Å². The smallest absolute Gasteiger partial charge is 0.416 e. The molecule has 1 aliphatic rings. The molecule has 2 rings (SSSR count). The largest absolute Gasteiger partial charge is 0.480 e. The van der Waals surface area contributed by atoms with Gasteiger partial charge in [0.25, 0.3) is 0 Å². The average Bonchev–Trinajstić information content (AvgIpc) is 2.47. The summed E-state index contributed by atoms with van der Waals surface area (Å²) in [5.41, 5.74) is -1.79. The Morgan fingerprint density at radius 3 is 2.22 bits per heavy atom. The van der Waals surface area contributed by atoms with Gasteiger partial charge in [0.1, 0.15) is 5.54 Å². The molecule has 1 aromatic carbocycles. The van der Waals surface area contributed by atoms with E-state index in [-0.39, 0.29) is 32.5 Å². The van der Waals surface area contributed by atoms with E-state index in [4.69, 9.17) is 4.74 Å². The van der Waals surface area contributed by atoms with Crippen molar-refractivity contribution in [3.8, 4) is 0 Å². The van der Waals surface area contributed by atoms with Gasteiger partial charge in [-0.3, -0.25) is 4.79 Å². The predicted molar refractivity (Wildman–Crippen MR) is 73.7 cm³/mol. The third-order valence-electron chi connectivity index (χ3n) is 3.78. The van der Waals surface area contributed by atoms with Crippen molar-refractivity contribution >= 4 is 11.9 Å². The average molecular weight is 331 g/mol. The molecule has 5 nitrogen and oxygen atoms in total. The summed E-state index contributed by atoms with van der Waals surface area (Å²) in [4.78, 5) is 23.5. The third kappa shape index (κ3) is 4.22. The molecule has 0 atom stereocenters. The van der Waals surface area contributed by atoms with Gasteiger partial charge in [0.05, 0.1) is 12.0 Å². The van der Waals surface area contributed by atoms with Crippen LogP contribution in [0, 0.1) is 0 Å². The van der Waals surface area contributed by atoms with Crippen LogP contribution in [-0.4, -0.2) is 35.7 Å². The molecule has 0 unspecified atom stereocenters. The van der Waals surface area contributed by atoms with Crippen molar-refractivity contribution in [2.24, 2.45) is 0 Å². The fourth-order valence-corrected chi connectivity index (χ4v) is 2.42. The first kappa shape index (κ1) is 17.3. The fourth-order valence-electron chi connectivity index (χ4n) is 2.42. The van der Waals surface area contributed by atoms with Crippen LogP contribution in [0.15, 0.2) is 24.3 Å². The topological polar surface area (TPSA) is 75.6 Å². The van der Waals surface area contributed by atoms with Crippen LogP contribution < -0.4 is 5.32 Å². The van der Waals surface area contributed by atoms with Gasteiger partial charge in [-0.2, -0.15) is 13.2 Å². The van der Waals surface area contributed by atoms with Crippen molar-refractivity contribution in [1.82, 2.24) is 5.32 Å². The van der Waals surface area contributed by atoms with E-state index >= 15 is 0 Å². The first-order valence-corrected chi connectivity index (χ1v) is 7.01. The molecule has 1 aliphatic heterocycles. The van der Waals surface area contributed by atoms with Gasteiger partial charge in [-0.1, -0.05) is 12.1 Å². The van der Waals surface area contributed by atoms with E-state index < -0.39 is 29.2 Å². The first-order chi connectivity index (χ1) is 10.7. The van der Waals surface area contributed by atoms with Crippen molar-refractivity contribution in [1.29, 1.82) is 0 Å². The predicted octanol–water partition coefficient (Wildman–Crippen LogP) is 2.00. The van der Waals surface area contributed by atoms with Crippen molar-refractivity contribution in [2.75, 3.05) is 13.2 Å². The van der Waals surface area contributed by atoms with Crippen LogP contribution >= 0.6 is 0 Å². The molecule has 2 N–H and O–H groups in total. The molecule has 0 aliphatic carbocycles. The number of hydrogen-bond donors (Lipinski definition) is 2. The minimum Gasteiger partial charge on any atom is -0.480 e. The molecule has 0 radical (unpaired) electrons. The lowest BCUT2D eigenvalue weighted by atomic mass is 9.89. The highest BCUT2D eigenvalue weighted by Gasteiger charge is 2.41. The molecule has 1 saturated heterocycles. The molecule has 8 heteroatoms. The highest BCUT2D eigenvalue weighted by atomic mass is 19.4. The van der Waals surface area contributed by atoms with Gasteiger partial charge in [-0.15, -0.1) is 0 Å². The summed E-state index contributed by atoms with van der Waals surface area (Å²) in [5.74, 6) is -1.68. The number of carboxylic acids is 1. The number of hydrogen-bond acceptors (Lipinski definition) is 3. The summed E-state index contributed by atoms with van der Waals surface area (Å²) in [6.45, 7) is 0.458. The quantitative estimate of drug-likeness (QED) is 0.885. The number of alkyl halides is 3. The molecule has 0 spiro atoms. The summed E-state index contributed by atoms with van der Waals surface area (Å²) in [6, 6.07) is 4.20. The van der Waals surface area contributed by atoms with Crippen molar-refractivity contribution in [3.05, 3.63) is 35.4 Å². The number of halogens is 3. The number of nitrogens with one attached hydrogen (secondary N) is 1. The minimum atomic E-state index is -4.43. The molecule has 126 valence electrons. The molecular weight excluding hydrogens is 315 g/mol. The SMILES string of the molecule is O=C(Cc1ccc(C(F)(F)F)cc1)NC1(C(=O)O)CCOCC1. The standard InChI is InChI=1S/C15H16F3NO4/c16-15(17,18)11-3-1-10(2-4-11)9-12(20)19-14(13(21)22)5-7-23-8-6-14/h1-4H,5-9H2,(H,19,20)(H,21,22). The van der Waals surface area contributed by atoms with Gasteiger partial charge in [0.15, 0.2) is 0 Å². The molecular formula is C15H16F3NO4. The molecule has 1 fully saturated rings. The summed E-state index contributed by atoms with van der Waals surface area (Å²) in [7, 11) is 0. The van der Waals surface area contributed by atoms with Crippen LogP contribution in [0.25, 0.3) is 0 Å². The second kappa shape index (κ2) is 6.57. The number of carbonyl (C=O) groups excluding carboxylic acids is 1. The Bertz CT molecular complexity index is 577. The first-order valence-electron chi connectivity index (χ1n) is 7.01. The van der Waals surface area contributed by atoms with Crippen LogP contribution in [0.5, 0.6) is 0 Å². The van der Waals surface area contributed by atoms with Crippen LogP contribution in [0.1, 0.15) is 24.0 Å². The monoisotopic (exact) mass is 331 g/mol. The molecule has 0 bridgehead atoms. The summed E-state index contributed by atoms with van der Waals surface area (Å²) in [5, 5.41) is 11.8. The second-order valence-corrected chi connectivity index (χ2v) is 5.42. The Morgan fingerprint density at radius 1 is 1.17 bits per heavy atom. The van der Waals surface area contributed by atoms with E-state index in [9.17, 15) is 27.9 Å². The molecule has 0 aromatic heterocycles. The third-order valence-corrected chi connectivity index (χ3v) is 3.78. The zero-order valence-corrected chi connectivity index (χ0v) is 12.2. The summed E-state index contributed by atoms with van der Waals surface area (Å²) in [6.07, 6.45) is -4.31. The van der Waals surface area contributed by atoms with E-state index in [1.807, 2.05) is 0 Å². The number of carbonyl (C=O) groups is 2. The van der Waals surface area contributed by atoms with E-state index in [0.29, 0.717) is 5.56 Å². The Kier molecular flexibility index (Phi) is 4.93. The highest BCUT2D eigenvalue weighted by molar-refractivity contribution is 5.88. The number of amides is 1. The Hall–Kier alpha value is -2.09. The maximum atomic E-state index is 12.5. The van der Waals surface area contributed by atoms with Gasteiger partial charge in [0.2, 0.25) is 5.91 Å². The van der Waals surface area contributed by atoms with Gasteiger partial charge in [-0.25, -0.2) is 4.79 Å². The van der Waals surface area contributed by atoms with E-state index in [1.165, 1.54) is 12.1 Å². The van der Waals surface area contributed by atoms with Crippen LogP contribution in [0.4, 0.5) is 13.2 Å². The van der Waals surface area contributed by atoms with Gasteiger partial charge >= 0.3 is 12.1 Å². The van der Waals surface area contributed by atoms with Crippen molar-refractivity contribution in [3.63, 3.8) is 0 Å². The zero-order valence-electron chi connectivity index (χ0n) is 12.2. The second-order valence-electron chi connectivity index (χ2n) is 5.42. The number of carboxylic acid groups (broad SMARTS) is 1. The van der Waals surface area contributed by atoms with Gasteiger partial charge in [0, 0.05) is 26.1 Å². The highest BCUT2D eigenvalue weighted by Crippen LogP contribution is 2.29. The number of ether oxygens (including phenoxy) is 1. The lowest BCUT2D eigenvalue weighted by Crippen LogP contribution is -2.57. The van der Waals surface area contributed by atoms with Crippen LogP contribution in [-0.2, 0) is 26.9 Å². The summed E-state index contributed by atoms with van der Waals surface area (Å²) >= 11 is 0. The Balaban J connectivity index is 2.02. The molecule has 0 saturated carbocycles. The van der Waals surface area contributed by atoms with Crippen molar-refractivity contribution in [2.45, 2.75) is 31.0 Å². The Labute approximate surface area is 130 Å². The maximum absolute atomic E-state index is 12.5. The lowest BCUT2D eigenvalue weighted by Gasteiger charge is -2.33. The van der Waals surface area contributed by atoms with Crippen LogP contribution in [0.3, 0.4) is 0 Å². The minimum absolute atomic E-state index is 0.154. The van der Waals surface area contributed by atoms with E-state index in [0.717, 1.165) is 12.1 Å². The van der Waals surface area contributed by atoms with Crippen LogP contribution in [0.2, 0.25) is 0 Å². The lowest BCUT2D eigenvalue weighted by molar-refractivity contribution is -0.152. The molecule has 1 heterocycles. The summed E-state index contributed by atoms with van der Waals surface area (Å²) < 4.78 is 42.5. The van der Waals surface area contributed by atoms with Crippen molar-refractivity contribution < 1.29 is 32.6 Å². The fraction of sp³-hybridized carbons (Fsp3) is 0.467. The maximum Gasteiger partial charge on any atom is 0.416 e. The normalized spacial score (nSPS) is 17.5. The number of rotatable bonds is 4. The van der Waals surface area contributed by atoms with E-state index in [1.54, 1.807) is 0 Å².